The minimum Gasteiger partial charge on any atom is -0.493 e. The quantitative estimate of drug-likeness (QED) is 0.377. The van der Waals surface area contributed by atoms with Crippen LogP contribution in [0.25, 0.3) is 11.0 Å². The smallest absolute Gasteiger partial charge is 0.419 e. The summed E-state index contributed by atoms with van der Waals surface area (Å²) in [5, 5.41) is 5.53. The molecule has 1 fully saturated rings. The monoisotopic (exact) mass is 509 g/mol. The number of hydrogen-bond donors (Lipinski definition) is 2. The second-order valence-electron chi connectivity index (χ2n) is 8.60. The molecule has 2 aromatic heterocycles. The molecule has 1 aliphatic rings. The highest BCUT2D eigenvalue weighted by atomic mass is 35.5. The van der Waals surface area contributed by atoms with E-state index < -0.39 is 11.7 Å². The van der Waals surface area contributed by atoms with Crippen LogP contribution in [0.2, 0.25) is 5.02 Å². The van der Waals surface area contributed by atoms with E-state index in [9.17, 15) is 18.0 Å². The third-order valence-corrected chi connectivity index (χ3v) is 6.22. The van der Waals surface area contributed by atoms with Crippen molar-refractivity contribution in [1.29, 1.82) is 0 Å². The molecule has 0 bridgehead atoms. The van der Waals surface area contributed by atoms with E-state index in [1.807, 2.05) is 13.8 Å². The van der Waals surface area contributed by atoms with Crippen molar-refractivity contribution in [1.82, 2.24) is 19.9 Å². The average molecular weight is 510 g/mol. The number of halogens is 4. The predicted molar refractivity (Wildman–Crippen MR) is 128 cm³/mol. The van der Waals surface area contributed by atoms with Crippen LogP contribution in [-0.2, 0) is 19.6 Å². The van der Waals surface area contributed by atoms with E-state index in [1.54, 1.807) is 17.7 Å². The summed E-state index contributed by atoms with van der Waals surface area (Å²) in [5.41, 5.74) is 0.958. The van der Waals surface area contributed by atoms with Crippen molar-refractivity contribution in [3.05, 3.63) is 40.2 Å². The molecule has 2 N–H and O–H groups in total. The molecule has 0 atom stereocenters. The summed E-state index contributed by atoms with van der Waals surface area (Å²) < 4.78 is 48.4. The van der Waals surface area contributed by atoms with E-state index in [0.29, 0.717) is 47.8 Å². The van der Waals surface area contributed by atoms with Gasteiger partial charge in [-0.3, -0.25) is 9.78 Å². The van der Waals surface area contributed by atoms with Crippen molar-refractivity contribution >= 4 is 40.2 Å². The highest BCUT2D eigenvalue weighted by Gasteiger charge is 2.35. The summed E-state index contributed by atoms with van der Waals surface area (Å²) in [6.07, 6.45) is 0.766. The molecule has 3 aromatic rings. The molecular weight excluding hydrogens is 483 g/mol. The van der Waals surface area contributed by atoms with E-state index in [2.05, 4.69) is 20.6 Å². The molecule has 1 aliphatic carbocycles. The van der Waals surface area contributed by atoms with Gasteiger partial charge in [0, 0.05) is 31.5 Å². The number of nitrogens with one attached hydrogen (secondary N) is 2. The van der Waals surface area contributed by atoms with Crippen molar-refractivity contribution in [2.75, 3.05) is 18.5 Å². The Balaban J connectivity index is 1.84. The molecule has 1 amide bonds. The van der Waals surface area contributed by atoms with Gasteiger partial charge < -0.3 is 19.9 Å². The first-order valence-electron chi connectivity index (χ1n) is 11.6. The Kier molecular flexibility index (Phi) is 7.12. The van der Waals surface area contributed by atoms with Gasteiger partial charge in [0.1, 0.15) is 5.75 Å². The van der Waals surface area contributed by atoms with Gasteiger partial charge in [-0.25, -0.2) is 4.98 Å². The minimum absolute atomic E-state index is 0.147. The van der Waals surface area contributed by atoms with Crippen molar-refractivity contribution in [3.8, 4) is 5.75 Å². The number of rotatable bonds is 9. The van der Waals surface area contributed by atoms with Gasteiger partial charge in [-0.05, 0) is 38.2 Å². The Morgan fingerprint density at radius 3 is 2.66 bits per heavy atom. The van der Waals surface area contributed by atoms with Crippen LogP contribution < -0.4 is 15.4 Å². The number of hydrogen-bond acceptors (Lipinski definition) is 5. The summed E-state index contributed by atoms with van der Waals surface area (Å²) in [6.45, 7) is 4.80. The summed E-state index contributed by atoms with van der Waals surface area (Å²) in [5.74, 6) is 0.875. The van der Waals surface area contributed by atoms with Gasteiger partial charge in [0.2, 0.25) is 5.95 Å². The van der Waals surface area contributed by atoms with Gasteiger partial charge in [0.15, 0.2) is 0 Å². The van der Waals surface area contributed by atoms with E-state index in [1.165, 1.54) is 0 Å². The largest absolute Gasteiger partial charge is 0.493 e. The molecule has 11 heteroatoms. The molecule has 35 heavy (non-hydrogen) atoms. The molecule has 0 unspecified atom stereocenters. The number of imidazole rings is 1. The van der Waals surface area contributed by atoms with Crippen LogP contribution in [0, 0.1) is 5.92 Å². The van der Waals surface area contributed by atoms with Crippen molar-refractivity contribution < 1.29 is 22.7 Å². The van der Waals surface area contributed by atoms with E-state index in [-0.39, 0.29) is 22.6 Å². The van der Waals surface area contributed by atoms with Crippen molar-refractivity contribution in [3.63, 3.8) is 0 Å². The second-order valence-corrected chi connectivity index (χ2v) is 9.00. The molecule has 0 aliphatic heterocycles. The highest BCUT2D eigenvalue weighted by molar-refractivity contribution is 6.33. The molecule has 1 aromatic carbocycles. The zero-order valence-electron chi connectivity index (χ0n) is 19.7. The maximum atomic E-state index is 13.6. The first-order chi connectivity index (χ1) is 16.7. The standard InChI is InChI=1S/C24H27ClF3N5O2/c1-4-6-14-20-18(9-15(21(14)35-5-2)22(34)30-10-13-7-8-13)31-23(33(20)3)32-19-16(24(26,27)28)11-29-12-17(19)25/h9,11-13H,4-8,10H2,1-3H3,(H,30,34)(H,29,31,32). The Morgan fingerprint density at radius 2 is 2.03 bits per heavy atom. The molecule has 0 radical (unpaired) electrons. The third-order valence-electron chi connectivity index (χ3n) is 5.93. The van der Waals surface area contributed by atoms with E-state index in [4.69, 9.17) is 16.3 Å². The van der Waals surface area contributed by atoms with Gasteiger partial charge in [0.25, 0.3) is 5.91 Å². The molecule has 0 saturated heterocycles. The van der Waals surface area contributed by atoms with Gasteiger partial charge in [0.05, 0.1) is 39.5 Å². The first kappa shape index (κ1) is 25.1. The van der Waals surface area contributed by atoms with Crippen LogP contribution in [0.15, 0.2) is 18.5 Å². The number of nitrogens with zero attached hydrogens (tertiary/aromatic N) is 3. The number of carbonyl (C=O) groups excluding carboxylic acids is 1. The van der Waals surface area contributed by atoms with Crippen molar-refractivity contribution in [2.45, 2.75) is 45.7 Å². The number of alkyl halides is 3. The SMILES string of the molecule is CCCc1c(OCC)c(C(=O)NCC2CC2)cc2nc(Nc3c(Cl)cncc3C(F)(F)F)n(C)c12. The number of benzene rings is 1. The number of ether oxygens (including phenoxy) is 1. The number of fused-ring (bicyclic) bond motifs is 1. The minimum atomic E-state index is -4.66. The second kappa shape index (κ2) is 9.93. The molecule has 0 spiro atoms. The lowest BCUT2D eigenvalue weighted by Crippen LogP contribution is -2.26. The lowest BCUT2D eigenvalue weighted by Gasteiger charge is -2.17. The van der Waals surface area contributed by atoms with Crippen LogP contribution in [-0.4, -0.2) is 33.6 Å². The van der Waals surface area contributed by atoms with Crippen LogP contribution >= 0.6 is 11.6 Å². The number of amides is 1. The number of anilines is 2. The van der Waals surface area contributed by atoms with Crippen LogP contribution in [0.1, 0.15) is 54.6 Å². The lowest BCUT2D eigenvalue weighted by molar-refractivity contribution is -0.137. The molecular formula is C24H27ClF3N5O2. The van der Waals surface area contributed by atoms with Gasteiger partial charge in [-0.1, -0.05) is 24.9 Å². The highest BCUT2D eigenvalue weighted by Crippen LogP contribution is 2.40. The maximum absolute atomic E-state index is 13.6. The summed E-state index contributed by atoms with van der Waals surface area (Å²) in [7, 11) is 1.70. The van der Waals surface area contributed by atoms with Gasteiger partial charge >= 0.3 is 6.18 Å². The fourth-order valence-electron chi connectivity index (χ4n) is 4.06. The van der Waals surface area contributed by atoms with Gasteiger partial charge in [-0.2, -0.15) is 13.2 Å². The zero-order valence-corrected chi connectivity index (χ0v) is 20.5. The molecule has 4 rings (SSSR count). The molecule has 7 nitrogen and oxygen atoms in total. The Morgan fingerprint density at radius 1 is 1.29 bits per heavy atom. The fraction of sp³-hybridized carbons (Fsp3) is 0.458. The lowest BCUT2D eigenvalue weighted by atomic mass is 10.0. The summed E-state index contributed by atoms with van der Waals surface area (Å²) in [4.78, 5) is 21.2. The summed E-state index contributed by atoms with van der Waals surface area (Å²) >= 11 is 6.08. The molecule has 2 heterocycles. The number of aromatic nitrogens is 3. The van der Waals surface area contributed by atoms with Crippen molar-refractivity contribution in [2.24, 2.45) is 13.0 Å². The normalized spacial score (nSPS) is 13.8. The number of carbonyl (C=O) groups is 1. The Bertz CT molecular complexity index is 1250. The zero-order chi connectivity index (χ0) is 25.3. The average Bonchev–Trinajstić information content (AvgIpc) is 3.58. The summed E-state index contributed by atoms with van der Waals surface area (Å²) in [6, 6.07) is 1.63. The predicted octanol–water partition coefficient (Wildman–Crippen LogP) is 5.88. The van der Waals surface area contributed by atoms with Crippen LogP contribution in [0.3, 0.4) is 0 Å². The van der Waals surface area contributed by atoms with E-state index in [0.717, 1.165) is 37.2 Å². The molecule has 188 valence electrons. The first-order valence-corrected chi connectivity index (χ1v) is 11.9. The Hall–Kier alpha value is -3.01. The van der Waals surface area contributed by atoms with Crippen LogP contribution in [0.4, 0.5) is 24.8 Å². The van der Waals surface area contributed by atoms with E-state index >= 15 is 0 Å². The third kappa shape index (κ3) is 5.17. The van der Waals surface area contributed by atoms with Crippen LogP contribution in [0.5, 0.6) is 5.75 Å². The topological polar surface area (TPSA) is 81.1 Å². The molecule has 1 saturated carbocycles. The number of aryl methyl sites for hydroxylation is 2. The maximum Gasteiger partial charge on any atom is 0.419 e. The Labute approximate surface area is 206 Å². The van der Waals surface area contributed by atoms with Gasteiger partial charge in [-0.15, -0.1) is 0 Å². The number of pyridine rings is 1. The fourth-order valence-corrected chi connectivity index (χ4v) is 4.27.